The summed E-state index contributed by atoms with van der Waals surface area (Å²) in [4.78, 5) is 11.3. The first kappa shape index (κ1) is 10.5. The van der Waals surface area contributed by atoms with Gasteiger partial charge in [0.1, 0.15) is 0 Å². The highest BCUT2D eigenvalue weighted by Gasteiger charge is 2.04. The van der Waals surface area contributed by atoms with Crippen LogP contribution in [0, 0.1) is 11.8 Å². The molecule has 0 atom stereocenters. The summed E-state index contributed by atoms with van der Waals surface area (Å²) in [6, 6.07) is 8.04. The van der Waals surface area contributed by atoms with E-state index in [2.05, 4.69) is 17.9 Å². The molecule has 0 bridgehead atoms. The molecule has 0 unspecified atom stereocenters. The molecular formula is C14H13NO. The molecule has 1 heterocycles. The van der Waals surface area contributed by atoms with Gasteiger partial charge < -0.3 is 0 Å². The monoisotopic (exact) mass is 211 g/mol. The average Bonchev–Trinajstić information content (AvgIpc) is 2.69. The molecule has 0 radical (unpaired) electrons. The van der Waals surface area contributed by atoms with Gasteiger partial charge in [0.25, 0.3) is 0 Å². The molecule has 2 aromatic rings. The van der Waals surface area contributed by atoms with E-state index in [9.17, 15) is 4.79 Å². The number of rotatable bonds is 1. The number of fused-ring (bicyclic) bond motifs is 1. The van der Waals surface area contributed by atoms with Crippen LogP contribution in [0.1, 0.15) is 24.2 Å². The van der Waals surface area contributed by atoms with Gasteiger partial charge in [0.2, 0.25) is 5.91 Å². The second-order valence-corrected chi connectivity index (χ2v) is 3.70. The highest BCUT2D eigenvalue weighted by molar-refractivity contribution is 5.91. The van der Waals surface area contributed by atoms with Gasteiger partial charge in [0.15, 0.2) is 0 Å². The topological polar surface area (TPSA) is 22.0 Å². The Morgan fingerprint density at radius 3 is 2.88 bits per heavy atom. The van der Waals surface area contributed by atoms with Gasteiger partial charge in [0, 0.05) is 24.9 Å². The Morgan fingerprint density at radius 2 is 2.19 bits per heavy atom. The third kappa shape index (κ3) is 1.85. The molecular weight excluding hydrogens is 198 g/mol. The Hall–Kier alpha value is -2.01. The van der Waals surface area contributed by atoms with E-state index >= 15 is 0 Å². The molecule has 0 fully saturated rings. The van der Waals surface area contributed by atoms with Crippen molar-refractivity contribution in [1.29, 1.82) is 0 Å². The van der Waals surface area contributed by atoms with Gasteiger partial charge in [-0.15, -0.1) is 5.92 Å². The number of carbonyl (C=O) groups is 1. The Balaban J connectivity index is 2.47. The first-order chi connectivity index (χ1) is 7.72. The zero-order valence-corrected chi connectivity index (χ0v) is 9.45. The van der Waals surface area contributed by atoms with Gasteiger partial charge in [-0.1, -0.05) is 12.0 Å². The van der Waals surface area contributed by atoms with Crippen LogP contribution >= 0.6 is 0 Å². The van der Waals surface area contributed by atoms with Gasteiger partial charge in [-0.25, -0.2) is 0 Å². The van der Waals surface area contributed by atoms with Crippen molar-refractivity contribution in [3.63, 3.8) is 0 Å². The summed E-state index contributed by atoms with van der Waals surface area (Å²) in [6.07, 6.45) is 2.57. The van der Waals surface area contributed by atoms with Crippen LogP contribution in [-0.4, -0.2) is 10.5 Å². The summed E-state index contributed by atoms with van der Waals surface area (Å²) in [5.74, 6) is 5.95. The lowest BCUT2D eigenvalue weighted by Gasteiger charge is -2.00. The van der Waals surface area contributed by atoms with E-state index in [1.54, 1.807) is 11.5 Å². The van der Waals surface area contributed by atoms with E-state index in [4.69, 9.17) is 0 Å². The zero-order valence-electron chi connectivity index (χ0n) is 9.45. The van der Waals surface area contributed by atoms with Crippen molar-refractivity contribution < 1.29 is 4.79 Å². The zero-order chi connectivity index (χ0) is 11.5. The highest BCUT2D eigenvalue weighted by Crippen LogP contribution is 2.17. The molecule has 16 heavy (non-hydrogen) atoms. The summed E-state index contributed by atoms with van der Waals surface area (Å²) in [6.45, 7) is 3.40. The minimum Gasteiger partial charge on any atom is -0.287 e. The molecule has 0 aliphatic heterocycles. The molecule has 0 aliphatic carbocycles. The highest BCUT2D eigenvalue weighted by atomic mass is 16.1. The average molecular weight is 211 g/mol. The van der Waals surface area contributed by atoms with Crippen LogP contribution in [-0.2, 0) is 6.42 Å². The number of aromatic nitrogens is 1. The fraction of sp³-hybridized carbons (Fsp3) is 0.214. The quantitative estimate of drug-likeness (QED) is 0.665. The van der Waals surface area contributed by atoms with Crippen LogP contribution in [0.5, 0.6) is 0 Å². The molecule has 0 saturated carbocycles. The Bertz CT molecular complexity index is 596. The van der Waals surface area contributed by atoms with Crippen LogP contribution in [0.4, 0.5) is 0 Å². The van der Waals surface area contributed by atoms with E-state index in [-0.39, 0.29) is 5.91 Å². The SMILES string of the molecule is CC#CCc1ccc2c(ccn2C(C)=O)c1. The summed E-state index contributed by atoms with van der Waals surface area (Å²) >= 11 is 0. The number of hydrogen-bond donors (Lipinski definition) is 0. The molecule has 2 heteroatoms. The molecule has 0 aliphatic rings. The predicted octanol–water partition coefficient (Wildman–Crippen LogP) is 2.87. The molecule has 0 spiro atoms. The molecule has 0 N–H and O–H groups in total. The van der Waals surface area contributed by atoms with Crippen LogP contribution in [0.15, 0.2) is 30.5 Å². The number of hydrogen-bond acceptors (Lipinski definition) is 1. The maximum Gasteiger partial charge on any atom is 0.227 e. The van der Waals surface area contributed by atoms with Crippen LogP contribution in [0.2, 0.25) is 0 Å². The van der Waals surface area contributed by atoms with Gasteiger partial charge in [0.05, 0.1) is 5.52 Å². The molecule has 1 aromatic heterocycles. The fourth-order valence-corrected chi connectivity index (χ4v) is 1.77. The Labute approximate surface area is 94.9 Å². The Kier molecular flexibility index (Phi) is 2.78. The predicted molar refractivity (Wildman–Crippen MR) is 65.4 cm³/mol. The largest absolute Gasteiger partial charge is 0.287 e. The van der Waals surface area contributed by atoms with Crippen molar-refractivity contribution in [3.8, 4) is 11.8 Å². The first-order valence-corrected chi connectivity index (χ1v) is 5.23. The lowest BCUT2D eigenvalue weighted by Crippen LogP contribution is -2.02. The fourth-order valence-electron chi connectivity index (χ4n) is 1.77. The van der Waals surface area contributed by atoms with Crippen molar-refractivity contribution in [1.82, 2.24) is 4.57 Å². The minimum atomic E-state index is 0.0381. The first-order valence-electron chi connectivity index (χ1n) is 5.23. The smallest absolute Gasteiger partial charge is 0.227 e. The normalized spacial score (nSPS) is 9.88. The van der Waals surface area contributed by atoms with E-state index < -0.39 is 0 Å². The van der Waals surface area contributed by atoms with E-state index in [1.807, 2.05) is 31.3 Å². The number of nitrogens with zero attached hydrogens (tertiary/aromatic N) is 1. The molecule has 2 nitrogen and oxygen atoms in total. The van der Waals surface area contributed by atoms with Crippen molar-refractivity contribution in [3.05, 3.63) is 36.0 Å². The summed E-state index contributed by atoms with van der Waals surface area (Å²) < 4.78 is 1.66. The number of benzene rings is 1. The van der Waals surface area contributed by atoms with Crippen molar-refractivity contribution in [2.45, 2.75) is 20.3 Å². The molecule has 0 amide bonds. The summed E-state index contributed by atoms with van der Waals surface area (Å²) in [5.41, 5.74) is 2.14. The van der Waals surface area contributed by atoms with E-state index in [0.717, 1.165) is 17.3 Å². The second-order valence-electron chi connectivity index (χ2n) is 3.70. The Morgan fingerprint density at radius 1 is 1.38 bits per heavy atom. The van der Waals surface area contributed by atoms with Crippen LogP contribution in [0.25, 0.3) is 10.9 Å². The van der Waals surface area contributed by atoms with Gasteiger partial charge in [-0.2, -0.15) is 0 Å². The van der Waals surface area contributed by atoms with Gasteiger partial charge >= 0.3 is 0 Å². The van der Waals surface area contributed by atoms with Crippen molar-refractivity contribution in [2.75, 3.05) is 0 Å². The molecule has 1 aromatic carbocycles. The molecule has 2 rings (SSSR count). The standard InChI is InChI=1S/C14H13NO/c1-3-4-5-12-6-7-14-13(10-12)8-9-15(14)11(2)16/h6-10H,5H2,1-2H3. The van der Waals surface area contributed by atoms with Crippen LogP contribution < -0.4 is 0 Å². The van der Waals surface area contributed by atoms with Crippen molar-refractivity contribution >= 4 is 16.8 Å². The maximum absolute atomic E-state index is 11.3. The molecule has 80 valence electrons. The minimum absolute atomic E-state index is 0.0381. The summed E-state index contributed by atoms with van der Waals surface area (Å²) in [5, 5.41) is 1.09. The molecule has 0 saturated heterocycles. The van der Waals surface area contributed by atoms with Gasteiger partial charge in [-0.3, -0.25) is 9.36 Å². The summed E-state index contributed by atoms with van der Waals surface area (Å²) in [7, 11) is 0. The van der Waals surface area contributed by atoms with Gasteiger partial charge in [-0.05, 0) is 30.7 Å². The third-order valence-corrected chi connectivity index (χ3v) is 2.56. The maximum atomic E-state index is 11.3. The van der Waals surface area contributed by atoms with Crippen molar-refractivity contribution in [2.24, 2.45) is 0 Å². The van der Waals surface area contributed by atoms with E-state index in [0.29, 0.717) is 0 Å². The van der Waals surface area contributed by atoms with E-state index in [1.165, 1.54) is 5.56 Å². The number of carbonyl (C=O) groups excluding carboxylic acids is 1. The van der Waals surface area contributed by atoms with Crippen LogP contribution in [0.3, 0.4) is 0 Å². The lowest BCUT2D eigenvalue weighted by atomic mass is 10.1. The lowest BCUT2D eigenvalue weighted by molar-refractivity contribution is 0.0941. The second kappa shape index (κ2) is 4.24. The third-order valence-electron chi connectivity index (χ3n) is 2.56.